The molecule has 0 radical (unpaired) electrons. The monoisotopic (exact) mass is 301 g/mol. The molecule has 5 nitrogen and oxygen atoms in total. The first-order valence-electron chi connectivity index (χ1n) is 6.80. The third kappa shape index (κ3) is 5.38. The maximum absolute atomic E-state index is 11.7. The SMILES string of the molecule is CCCCNc1ccc(CS(=O)(=O)OCC)c(OC)c1. The van der Waals surface area contributed by atoms with E-state index in [1.807, 2.05) is 12.1 Å². The quantitative estimate of drug-likeness (QED) is 0.561. The van der Waals surface area contributed by atoms with Crippen molar-refractivity contribution < 1.29 is 17.3 Å². The number of hydrogen-bond acceptors (Lipinski definition) is 5. The first-order chi connectivity index (χ1) is 9.52. The fraction of sp³-hybridized carbons (Fsp3) is 0.571. The van der Waals surface area contributed by atoms with Crippen molar-refractivity contribution in [1.29, 1.82) is 0 Å². The number of nitrogens with one attached hydrogen (secondary N) is 1. The summed E-state index contributed by atoms with van der Waals surface area (Å²) in [5.74, 6) is 0.369. The molecular formula is C14H23NO4S. The van der Waals surface area contributed by atoms with Gasteiger partial charge in [-0.1, -0.05) is 19.4 Å². The van der Waals surface area contributed by atoms with Crippen molar-refractivity contribution in [3.8, 4) is 5.75 Å². The van der Waals surface area contributed by atoms with Gasteiger partial charge < -0.3 is 10.1 Å². The summed E-state index contributed by atoms with van der Waals surface area (Å²) in [6.07, 6.45) is 2.21. The number of rotatable bonds is 9. The van der Waals surface area contributed by atoms with Crippen molar-refractivity contribution in [2.24, 2.45) is 0 Å². The van der Waals surface area contributed by atoms with Gasteiger partial charge in [0, 0.05) is 23.9 Å². The highest BCUT2D eigenvalue weighted by atomic mass is 32.2. The average molecular weight is 301 g/mol. The van der Waals surface area contributed by atoms with Crippen molar-refractivity contribution >= 4 is 15.8 Å². The summed E-state index contributed by atoms with van der Waals surface area (Å²) in [4.78, 5) is 0. The van der Waals surface area contributed by atoms with E-state index in [2.05, 4.69) is 12.2 Å². The molecule has 0 saturated carbocycles. The largest absolute Gasteiger partial charge is 0.496 e. The summed E-state index contributed by atoms with van der Waals surface area (Å²) in [6, 6.07) is 5.42. The van der Waals surface area contributed by atoms with Crippen molar-refractivity contribution in [1.82, 2.24) is 0 Å². The Bertz CT molecular complexity index is 514. The van der Waals surface area contributed by atoms with Crippen LogP contribution in [0.15, 0.2) is 18.2 Å². The number of unbranched alkanes of at least 4 members (excludes halogenated alkanes) is 1. The highest BCUT2D eigenvalue weighted by Crippen LogP contribution is 2.25. The molecule has 0 fully saturated rings. The second-order valence-electron chi connectivity index (χ2n) is 4.42. The summed E-state index contributed by atoms with van der Waals surface area (Å²) in [5.41, 5.74) is 1.52. The van der Waals surface area contributed by atoms with Crippen LogP contribution < -0.4 is 10.1 Å². The van der Waals surface area contributed by atoms with Crippen LogP contribution in [0, 0.1) is 0 Å². The van der Waals surface area contributed by atoms with Crippen LogP contribution in [0.2, 0.25) is 0 Å². The molecule has 0 saturated heterocycles. The lowest BCUT2D eigenvalue weighted by Crippen LogP contribution is -2.10. The predicted molar refractivity (Wildman–Crippen MR) is 80.6 cm³/mol. The van der Waals surface area contributed by atoms with E-state index in [-0.39, 0.29) is 12.4 Å². The third-order valence-corrected chi connectivity index (χ3v) is 4.04. The molecular weight excluding hydrogens is 278 g/mol. The molecule has 1 aromatic rings. The molecule has 1 aromatic carbocycles. The van der Waals surface area contributed by atoms with Crippen LogP contribution >= 0.6 is 0 Å². The maximum Gasteiger partial charge on any atom is 0.271 e. The molecule has 1 rings (SSSR count). The third-order valence-electron chi connectivity index (χ3n) is 2.78. The lowest BCUT2D eigenvalue weighted by atomic mass is 10.2. The molecule has 0 amide bonds. The molecule has 0 atom stereocenters. The van der Waals surface area contributed by atoms with Gasteiger partial charge in [-0.2, -0.15) is 8.42 Å². The smallest absolute Gasteiger partial charge is 0.271 e. The Morgan fingerprint density at radius 3 is 2.60 bits per heavy atom. The minimum atomic E-state index is -3.55. The summed E-state index contributed by atoms with van der Waals surface area (Å²) in [7, 11) is -2.02. The molecule has 0 unspecified atom stereocenters. The Balaban J connectivity index is 2.82. The normalized spacial score (nSPS) is 11.3. The zero-order valence-electron chi connectivity index (χ0n) is 12.3. The minimum Gasteiger partial charge on any atom is -0.496 e. The van der Waals surface area contributed by atoms with Gasteiger partial charge in [0.05, 0.1) is 13.7 Å². The minimum absolute atomic E-state index is 0.140. The van der Waals surface area contributed by atoms with Crippen LogP contribution in [-0.4, -0.2) is 28.7 Å². The summed E-state index contributed by atoms with van der Waals surface area (Å²) in [6.45, 7) is 4.80. The molecule has 0 aliphatic heterocycles. The van der Waals surface area contributed by atoms with E-state index in [0.717, 1.165) is 25.1 Å². The van der Waals surface area contributed by atoms with Gasteiger partial charge in [0.2, 0.25) is 0 Å². The molecule has 0 aromatic heterocycles. The van der Waals surface area contributed by atoms with Gasteiger partial charge >= 0.3 is 0 Å². The maximum atomic E-state index is 11.7. The first-order valence-corrected chi connectivity index (χ1v) is 8.38. The molecule has 114 valence electrons. The van der Waals surface area contributed by atoms with E-state index in [9.17, 15) is 8.42 Å². The van der Waals surface area contributed by atoms with Gasteiger partial charge in [-0.15, -0.1) is 0 Å². The summed E-state index contributed by atoms with van der Waals surface area (Å²) in [5, 5.41) is 3.27. The number of benzene rings is 1. The second-order valence-corrected chi connectivity index (χ2v) is 6.06. The average Bonchev–Trinajstić information content (AvgIpc) is 2.40. The van der Waals surface area contributed by atoms with Gasteiger partial charge in [0.25, 0.3) is 10.1 Å². The number of ether oxygens (including phenoxy) is 1. The van der Waals surface area contributed by atoms with E-state index in [1.54, 1.807) is 13.0 Å². The molecule has 6 heteroatoms. The van der Waals surface area contributed by atoms with E-state index in [0.29, 0.717) is 11.3 Å². The molecule has 0 spiro atoms. The molecule has 0 heterocycles. The molecule has 20 heavy (non-hydrogen) atoms. The Hall–Kier alpha value is -1.27. The second kappa shape index (κ2) is 8.11. The Morgan fingerprint density at radius 2 is 2.00 bits per heavy atom. The number of anilines is 1. The summed E-state index contributed by atoms with van der Waals surface area (Å²) < 4.78 is 33.3. The van der Waals surface area contributed by atoms with Gasteiger partial charge in [0.15, 0.2) is 0 Å². The standard InChI is InChI=1S/C14H23NO4S/c1-4-6-9-15-13-8-7-12(14(10-13)18-3)11-20(16,17)19-5-2/h7-8,10,15H,4-6,9,11H2,1-3H3. The lowest BCUT2D eigenvalue weighted by molar-refractivity contribution is 0.336. The molecule has 1 N–H and O–H groups in total. The van der Waals surface area contributed by atoms with Crippen molar-refractivity contribution in [2.75, 3.05) is 25.6 Å². The Kier molecular flexibility index (Phi) is 6.81. The first kappa shape index (κ1) is 16.8. The lowest BCUT2D eigenvalue weighted by Gasteiger charge is -2.12. The predicted octanol–water partition coefficient (Wildman–Crippen LogP) is 2.77. The van der Waals surface area contributed by atoms with Crippen LogP contribution in [0.25, 0.3) is 0 Å². The Labute approximate surface area is 121 Å². The molecule has 0 aliphatic carbocycles. The van der Waals surface area contributed by atoms with Crippen LogP contribution in [0.4, 0.5) is 5.69 Å². The fourth-order valence-electron chi connectivity index (χ4n) is 1.79. The van der Waals surface area contributed by atoms with Crippen LogP contribution in [0.1, 0.15) is 32.3 Å². The van der Waals surface area contributed by atoms with Gasteiger partial charge in [-0.3, -0.25) is 4.18 Å². The van der Waals surface area contributed by atoms with Crippen molar-refractivity contribution in [3.05, 3.63) is 23.8 Å². The van der Waals surface area contributed by atoms with E-state index >= 15 is 0 Å². The van der Waals surface area contributed by atoms with Gasteiger partial charge in [-0.05, 0) is 19.4 Å². The van der Waals surface area contributed by atoms with Gasteiger partial charge in [0.1, 0.15) is 11.5 Å². The topological polar surface area (TPSA) is 64.6 Å². The van der Waals surface area contributed by atoms with Crippen molar-refractivity contribution in [3.63, 3.8) is 0 Å². The Morgan fingerprint density at radius 1 is 1.25 bits per heavy atom. The van der Waals surface area contributed by atoms with Crippen molar-refractivity contribution in [2.45, 2.75) is 32.4 Å². The van der Waals surface area contributed by atoms with E-state index in [1.165, 1.54) is 7.11 Å². The highest BCUT2D eigenvalue weighted by Gasteiger charge is 2.15. The molecule has 0 aliphatic rings. The number of hydrogen-bond donors (Lipinski definition) is 1. The number of methoxy groups -OCH3 is 1. The fourth-order valence-corrected chi connectivity index (χ4v) is 2.86. The zero-order chi connectivity index (χ0) is 15.0. The van der Waals surface area contributed by atoms with Crippen LogP contribution in [-0.2, 0) is 20.1 Å². The highest BCUT2D eigenvalue weighted by molar-refractivity contribution is 7.85. The van der Waals surface area contributed by atoms with E-state index < -0.39 is 10.1 Å². The van der Waals surface area contributed by atoms with E-state index in [4.69, 9.17) is 8.92 Å². The van der Waals surface area contributed by atoms with Gasteiger partial charge in [-0.25, -0.2) is 0 Å². The van der Waals surface area contributed by atoms with Crippen LogP contribution in [0.3, 0.4) is 0 Å². The zero-order valence-corrected chi connectivity index (χ0v) is 13.1. The summed E-state index contributed by atoms with van der Waals surface area (Å²) >= 11 is 0. The van der Waals surface area contributed by atoms with Crippen LogP contribution in [0.5, 0.6) is 5.75 Å². The molecule has 0 bridgehead atoms.